The highest BCUT2D eigenvalue weighted by molar-refractivity contribution is 5.74. The fourth-order valence-electron chi connectivity index (χ4n) is 1.95. The third kappa shape index (κ3) is 2.42. The Morgan fingerprint density at radius 1 is 1.38 bits per heavy atom. The van der Waals surface area contributed by atoms with Gasteiger partial charge in [-0.2, -0.15) is 0 Å². The van der Waals surface area contributed by atoms with Gasteiger partial charge in [0, 0.05) is 6.54 Å². The summed E-state index contributed by atoms with van der Waals surface area (Å²) < 4.78 is 2.23. The van der Waals surface area contributed by atoms with E-state index >= 15 is 0 Å². The Hall–Kier alpha value is -1.35. The zero-order chi connectivity index (χ0) is 11.4. The van der Waals surface area contributed by atoms with Gasteiger partial charge in [0.2, 0.25) is 0 Å². The van der Waals surface area contributed by atoms with Gasteiger partial charge in [-0.3, -0.25) is 0 Å². The minimum absolute atomic E-state index is 0.623. The quantitative estimate of drug-likeness (QED) is 0.832. The normalized spacial score (nSPS) is 13.1. The van der Waals surface area contributed by atoms with Crippen LogP contribution in [0.1, 0.15) is 13.8 Å². The topological polar surface area (TPSA) is 29.9 Å². The summed E-state index contributed by atoms with van der Waals surface area (Å²) in [4.78, 5) is 4.39. The van der Waals surface area contributed by atoms with Gasteiger partial charge in [-0.15, -0.1) is 0 Å². The molecule has 86 valence electrons. The lowest BCUT2D eigenvalue weighted by Gasteiger charge is -2.13. The van der Waals surface area contributed by atoms with E-state index in [9.17, 15) is 0 Å². The molecule has 0 amide bonds. The Balaban J connectivity index is 2.09. The number of hydrogen-bond donors (Lipinski definition) is 1. The van der Waals surface area contributed by atoms with Crippen LogP contribution in [0, 0.1) is 5.92 Å². The fourth-order valence-corrected chi connectivity index (χ4v) is 1.95. The summed E-state index contributed by atoms with van der Waals surface area (Å²) in [6.07, 6.45) is 1.94. The molecule has 1 aromatic carbocycles. The molecule has 0 spiro atoms. The van der Waals surface area contributed by atoms with Crippen LogP contribution in [0.5, 0.6) is 0 Å². The van der Waals surface area contributed by atoms with Crippen LogP contribution in [0.3, 0.4) is 0 Å². The highest BCUT2D eigenvalue weighted by atomic mass is 15.0. The molecule has 2 rings (SSSR count). The van der Waals surface area contributed by atoms with E-state index in [1.54, 1.807) is 0 Å². The van der Waals surface area contributed by atoms with Crippen molar-refractivity contribution in [2.45, 2.75) is 20.4 Å². The molecule has 0 radical (unpaired) electrons. The summed E-state index contributed by atoms with van der Waals surface area (Å²) >= 11 is 0. The average Bonchev–Trinajstić information content (AvgIpc) is 2.70. The van der Waals surface area contributed by atoms with E-state index in [2.05, 4.69) is 46.9 Å². The zero-order valence-electron chi connectivity index (χ0n) is 9.98. The van der Waals surface area contributed by atoms with Crippen LogP contribution in [-0.2, 0) is 6.54 Å². The summed E-state index contributed by atoms with van der Waals surface area (Å²) in [7, 11) is 0. The number of nitrogens with one attached hydrogen (secondary N) is 1. The standard InChI is InChI=1S/C13H19N3/c1-3-14-8-11(2)9-16-10-15-12-6-4-5-7-13(12)16/h4-7,10-11,14H,3,8-9H2,1-2H3. The second-order valence-corrected chi connectivity index (χ2v) is 4.30. The summed E-state index contributed by atoms with van der Waals surface area (Å²) in [5.41, 5.74) is 2.31. The maximum atomic E-state index is 4.39. The number of hydrogen-bond acceptors (Lipinski definition) is 2. The van der Waals surface area contributed by atoms with Crippen LogP contribution in [0.25, 0.3) is 11.0 Å². The largest absolute Gasteiger partial charge is 0.330 e. The van der Waals surface area contributed by atoms with E-state index in [0.29, 0.717) is 5.92 Å². The zero-order valence-corrected chi connectivity index (χ0v) is 9.98. The Labute approximate surface area is 96.5 Å². The van der Waals surface area contributed by atoms with E-state index in [0.717, 1.165) is 25.2 Å². The van der Waals surface area contributed by atoms with Crippen molar-refractivity contribution in [2.24, 2.45) is 5.92 Å². The van der Waals surface area contributed by atoms with E-state index in [-0.39, 0.29) is 0 Å². The predicted octanol–water partition coefficient (Wildman–Crippen LogP) is 2.28. The lowest BCUT2D eigenvalue weighted by molar-refractivity contribution is 0.457. The molecule has 0 aliphatic carbocycles. The molecule has 1 unspecified atom stereocenters. The van der Waals surface area contributed by atoms with Gasteiger partial charge in [0.25, 0.3) is 0 Å². The Kier molecular flexibility index (Phi) is 3.57. The molecule has 1 atom stereocenters. The van der Waals surface area contributed by atoms with E-state index in [4.69, 9.17) is 0 Å². The second-order valence-electron chi connectivity index (χ2n) is 4.30. The highest BCUT2D eigenvalue weighted by Crippen LogP contribution is 2.13. The highest BCUT2D eigenvalue weighted by Gasteiger charge is 2.05. The van der Waals surface area contributed by atoms with Crippen molar-refractivity contribution in [3.8, 4) is 0 Å². The van der Waals surface area contributed by atoms with Crippen molar-refractivity contribution >= 4 is 11.0 Å². The molecule has 1 N–H and O–H groups in total. The molecule has 0 aliphatic rings. The SMILES string of the molecule is CCNCC(C)Cn1cnc2ccccc21. The number of imidazole rings is 1. The Morgan fingerprint density at radius 3 is 3.00 bits per heavy atom. The minimum atomic E-state index is 0.623. The Bertz CT molecular complexity index is 447. The van der Waals surface area contributed by atoms with Crippen LogP contribution in [0.15, 0.2) is 30.6 Å². The summed E-state index contributed by atoms with van der Waals surface area (Å²) in [5, 5.41) is 3.37. The maximum absolute atomic E-state index is 4.39. The van der Waals surface area contributed by atoms with Crippen molar-refractivity contribution in [2.75, 3.05) is 13.1 Å². The predicted molar refractivity (Wildman–Crippen MR) is 67.4 cm³/mol. The molecule has 1 heterocycles. The smallest absolute Gasteiger partial charge is 0.0958 e. The van der Waals surface area contributed by atoms with Crippen molar-refractivity contribution in [1.82, 2.24) is 14.9 Å². The second kappa shape index (κ2) is 5.12. The van der Waals surface area contributed by atoms with E-state index in [1.807, 2.05) is 12.4 Å². The van der Waals surface area contributed by atoms with Crippen molar-refractivity contribution in [1.29, 1.82) is 0 Å². The molecule has 16 heavy (non-hydrogen) atoms. The van der Waals surface area contributed by atoms with Gasteiger partial charge >= 0.3 is 0 Å². The number of nitrogens with zero attached hydrogens (tertiary/aromatic N) is 2. The van der Waals surface area contributed by atoms with E-state index < -0.39 is 0 Å². The first-order valence-electron chi connectivity index (χ1n) is 5.92. The van der Waals surface area contributed by atoms with Gasteiger partial charge in [0.15, 0.2) is 0 Å². The van der Waals surface area contributed by atoms with Gasteiger partial charge in [-0.25, -0.2) is 4.98 Å². The van der Waals surface area contributed by atoms with Crippen LogP contribution >= 0.6 is 0 Å². The molecule has 0 bridgehead atoms. The molecule has 3 heteroatoms. The fraction of sp³-hybridized carbons (Fsp3) is 0.462. The minimum Gasteiger partial charge on any atom is -0.330 e. The molecule has 0 aliphatic heterocycles. The maximum Gasteiger partial charge on any atom is 0.0958 e. The number of benzene rings is 1. The van der Waals surface area contributed by atoms with Crippen LogP contribution in [-0.4, -0.2) is 22.6 Å². The van der Waals surface area contributed by atoms with Gasteiger partial charge < -0.3 is 9.88 Å². The molecular weight excluding hydrogens is 198 g/mol. The van der Waals surface area contributed by atoms with Crippen molar-refractivity contribution < 1.29 is 0 Å². The van der Waals surface area contributed by atoms with Crippen LogP contribution in [0.2, 0.25) is 0 Å². The monoisotopic (exact) mass is 217 g/mol. The first-order valence-corrected chi connectivity index (χ1v) is 5.92. The first-order chi connectivity index (χ1) is 7.81. The number of para-hydroxylation sites is 2. The van der Waals surface area contributed by atoms with Crippen LogP contribution < -0.4 is 5.32 Å². The van der Waals surface area contributed by atoms with Gasteiger partial charge in [0.1, 0.15) is 0 Å². The summed E-state index contributed by atoms with van der Waals surface area (Å²) in [6.45, 7) is 7.52. The third-order valence-electron chi connectivity index (χ3n) is 2.78. The lowest BCUT2D eigenvalue weighted by atomic mass is 10.2. The van der Waals surface area contributed by atoms with Crippen molar-refractivity contribution in [3.05, 3.63) is 30.6 Å². The van der Waals surface area contributed by atoms with Gasteiger partial charge in [0.05, 0.1) is 17.4 Å². The van der Waals surface area contributed by atoms with Gasteiger partial charge in [-0.05, 0) is 31.1 Å². The molecule has 1 aromatic heterocycles. The molecule has 0 saturated carbocycles. The molecule has 0 saturated heterocycles. The summed E-state index contributed by atoms with van der Waals surface area (Å²) in [5.74, 6) is 0.623. The number of aromatic nitrogens is 2. The lowest BCUT2D eigenvalue weighted by Crippen LogP contribution is -2.23. The summed E-state index contributed by atoms with van der Waals surface area (Å²) in [6, 6.07) is 8.28. The van der Waals surface area contributed by atoms with Gasteiger partial charge in [-0.1, -0.05) is 26.0 Å². The first kappa shape index (κ1) is 11.1. The number of rotatable bonds is 5. The van der Waals surface area contributed by atoms with Crippen molar-refractivity contribution in [3.63, 3.8) is 0 Å². The molecule has 0 fully saturated rings. The average molecular weight is 217 g/mol. The molecular formula is C13H19N3. The molecule has 2 aromatic rings. The van der Waals surface area contributed by atoms with Crippen LogP contribution in [0.4, 0.5) is 0 Å². The van der Waals surface area contributed by atoms with E-state index in [1.165, 1.54) is 5.52 Å². The Morgan fingerprint density at radius 2 is 2.19 bits per heavy atom. The molecule has 3 nitrogen and oxygen atoms in total. The third-order valence-corrected chi connectivity index (χ3v) is 2.78. The number of fused-ring (bicyclic) bond motifs is 1.